The Balaban J connectivity index is 0.00000192. The number of phenols is 1. The number of nitrogens with zero attached hydrogens (tertiary/aromatic N) is 1. The molecule has 1 amide bonds. The van der Waals surface area contributed by atoms with Gasteiger partial charge in [0.05, 0.1) is 6.54 Å². The summed E-state index contributed by atoms with van der Waals surface area (Å²) in [5, 5.41) is 14.5. The summed E-state index contributed by atoms with van der Waals surface area (Å²) in [5.74, 6) is 1.94. The summed E-state index contributed by atoms with van der Waals surface area (Å²) in [7, 11) is 0. The largest absolute Gasteiger partial charge is 0.504 e. The zero-order chi connectivity index (χ0) is 18.5. The van der Waals surface area contributed by atoms with E-state index in [9.17, 15) is 9.90 Å². The van der Waals surface area contributed by atoms with Crippen molar-refractivity contribution in [3.8, 4) is 22.6 Å². The maximum Gasteiger partial charge on any atom is 0.226 e. The lowest BCUT2D eigenvalue weighted by Gasteiger charge is -2.21. The number of hydrogen-bond acceptors (Lipinski definition) is 4. The van der Waals surface area contributed by atoms with Gasteiger partial charge in [-0.25, -0.2) is 0 Å². The third-order valence-electron chi connectivity index (χ3n) is 5.96. The van der Waals surface area contributed by atoms with E-state index in [4.69, 9.17) is 16.3 Å². The average molecular weight is 421 g/mol. The summed E-state index contributed by atoms with van der Waals surface area (Å²) in [5.41, 5.74) is 2.62. The average Bonchev–Trinajstić information content (AvgIpc) is 3.23. The summed E-state index contributed by atoms with van der Waals surface area (Å²) in [6, 6.07) is 11.2. The van der Waals surface area contributed by atoms with Crippen molar-refractivity contribution in [2.24, 2.45) is 17.8 Å². The van der Waals surface area contributed by atoms with E-state index in [1.54, 1.807) is 6.07 Å². The molecule has 7 heteroatoms. The first-order chi connectivity index (χ1) is 13.1. The molecule has 1 saturated carbocycles. The molecule has 0 bridgehead atoms. The normalized spacial score (nSPS) is 25.0. The molecule has 2 N–H and O–H groups in total. The van der Waals surface area contributed by atoms with Gasteiger partial charge in [-0.3, -0.25) is 4.79 Å². The number of carbonyl (C=O) groups excluding carboxylic acids is 1. The summed E-state index contributed by atoms with van der Waals surface area (Å²) in [6.45, 7) is 3.29. The monoisotopic (exact) mass is 420 g/mol. The van der Waals surface area contributed by atoms with Crippen molar-refractivity contribution in [2.75, 3.05) is 26.2 Å². The van der Waals surface area contributed by atoms with Crippen LogP contribution in [0.5, 0.6) is 11.5 Å². The number of piperidine rings is 1. The Morgan fingerprint density at radius 1 is 1.18 bits per heavy atom. The number of amides is 1. The van der Waals surface area contributed by atoms with E-state index in [0.717, 1.165) is 29.8 Å². The van der Waals surface area contributed by atoms with Crippen LogP contribution in [0.1, 0.15) is 5.56 Å². The molecule has 2 heterocycles. The molecule has 3 aliphatic rings. The second kappa shape index (κ2) is 7.47. The first kappa shape index (κ1) is 19.4. The fourth-order valence-corrected chi connectivity index (χ4v) is 4.71. The SMILES string of the molecule is Cl.O=C(C1[C@H]2CNC[C@@H]12)N1CCOc2c(O)cc(-c3cccc(Cl)c3)cc2C1. The third kappa shape index (κ3) is 3.32. The van der Waals surface area contributed by atoms with E-state index < -0.39 is 0 Å². The highest BCUT2D eigenvalue weighted by molar-refractivity contribution is 6.30. The van der Waals surface area contributed by atoms with E-state index in [0.29, 0.717) is 42.3 Å². The van der Waals surface area contributed by atoms with Gasteiger partial charge in [-0.1, -0.05) is 23.7 Å². The molecule has 5 rings (SSSR count). The van der Waals surface area contributed by atoms with Gasteiger partial charge in [0.25, 0.3) is 0 Å². The Morgan fingerprint density at radius 3 is 2.71 bits per heavy atom. The number of fused-ring (bicyclic) bond motifs is 2. The molecule has 148 valence electrons. The number of halogens is 2. The molecule has 0 radical (unpaired) electrons. The lowest BCUT2D eigenvalue weighted by atomic mass is 10.0. The van der Waals surface area contributed by atoms with Crippen molar-refractivity contribution in [3.05, 3.63) is 47.0 Å². The first-order valence-corrected chi connectivity index (χ1v) is 9.74. The predicted octanol–water partition coefficient (Wildman–Crippen LogP) is 3.32. The standard InChI is InChI=1S/C21H21ClN2O3.ClH/c22-15-3-1-2-12(7-15)13-6-14-11-24(4-5-27-20(14)18(25)8-13)21(26)19-16-9-23-10-17(16)19;/h1-3,6-8,16-17,19,23,25H,4-5,9-11H2;1H/t16-,17+,19?;. The van der Waals surface area contributed by atoms with Crippen LogP contribution in [-0.2, 0) is 11.3 Å². The fraction of sp³-hybridized carbons (Fsp3) is 0.381. The lowest BCUT2D eigenvalue weighted by Crippen LogP contribution is -2.36. The third-order valence-corrected chi connectivity index (χ3v) is 6.20. The number of rotatable bonds is 2. The van der Waals surface area contributed by atoms with Crippen LogP contribution in [0, 0.1) is 17.8 Å². The van der Waals surface area contributed by atoms with Crippen molar-refractivity contribution >= 4 is 29.9 Å². The van der Waals surface area contributed by atoms with Crippen LogP contribution < -0.4 is 10.1 Å². The van der Waals surface area contributed by atoms with Gasteiger partial charge in [-0.05, 0) is 60.3 Å². The van der Waals surface area contributed by atoms with Crippen LogP contribution in [0.25, 0.3) is 11.1 Å². The quantitative estimate of drug-likeness (QED) is 0.781. The minimum absolute atomic E-state index is 0. The van der Waals surface area contributed by atoms with Crippen LogP contribution in [0.2, 0.25) is 5.02 Å². The first-order valence-electron chi connectivity index (χ1n) is 9.36. The number of carbonyl (C=O) groups is 1. The smallest absolute Gasteiger partial charge is 0.226 e. The molecule has 1 saturated heterocycles. The Morgan fingerprint density at radius 2 is 1.96 bits per heavy atom. The molecule has 1 unspecified atom stereocenters. The van der Waals surface area contributed by atoms with E-state index in [2.05, 4.69) is 5.32 Å². The van der Waals surface area contributed by atoms with E-state index in [1.165, 1.54) is 0 Å². The molecule has 2 fully saturated rings. The van der Waals surface area contributed by atoms with E-state index in [1.807, 2.05) is 35.2 Å². The molecule has 0 aromatic heterocycles. The second-order valence-corrected chi connectivity index (χ2v) is 8.05. The van der Waals surface area contributed by atoms with Crippen LogP contribution >= 0.6 is 24.0 Å². The highest BCUT2D eigenvalue weighted by Crippen LogP contribution is 2.50. The van der Waals surface area contributed by atoms with Crippen molar-refractivity contribution in [1.82, 2.24) is 10.2 Å². The summed E-state index contributed by atoms with van der Waals surface area (Å²) in [4.78, 5) is 14.9. The number of nitrogens with one attached hydrogen (secondary N) is 1. The summed E-state index contributed by atoms with van der Waals surface area (Å²) in [6.07, 6.45) is 0. The van der Waals surface area contributed by atoms with Gasteiger partial charge in [0.15, 0.2) is 11.5 Å². The number of aromatic hydroxyl groups is 1. The fourth-order valence-electron chi connectivity index (χ4n) is 4.52. The minimum Gasteiger partial charge on any atom is -0.504 e. The van der Waals surface area contributed by atoms with Crippen LogP contribution in [0.15, 0.2) is 36.4 Å². The number of phenolic OH excluding ortho intramolecular Hbond substituents is 1. The highest BCUT2D eigenvalue weighted by Gasteiger charge is 2.57. The highest BCUT2D eigenvalue weighted by atomic mass is 35.5. The molecule has 0 spiro atoms. The molecular formula is C21H22Cl2N2O3. The van der Waals surface area contributed by atoms with Crippen molar-refractivity contribution in [2.45, 2.75) is 6.54 Å². The zero-order valence-corrected chi connectivity index (χ0v) is 16.8. The maximum absolute atomic E-state index is 13.0. The molecule has 2 aromatic carbocycles. The van der Waals surface area contributed by atoms with Gasteiger partial charge in [0, 0.05) is 23.0 Å². The number of benzene rings is 2. The Labute approximate surface area is 175 Å². The predicted molar refractivity (Wildman–Crippen MR) is 110 cm³/mol. The molecule has 5 nitrogen and oxygen atoms in total. The van der Waals surface area contributed by atoms with Gasteiger partial charge in [0.2, 0.25) is 5.91 Å². The van der Waals surface area contributed by atoms with Gasteiger partial charge in [0.1, 0.15) is 6.61 Å². The lowest BCUT2D eigenvalue weighted by molar-refractivity contribution is -0.134. The van der Waals surface area contributed by atoms with E-state index in [-0.39, 0.29) is 30.0 Å². The van der Waals surface area contributed by atoms with E-state index >= 15 is 0 Å². The van der Waals surface area contributed by atoms with Crippen molar-refractivity contribution in [1.29, 1.82) is 0 Å². The van der Waals surface area contributed by atoms with Gasteiger partial charge in [-0.2, -0.15) is 0 Å². The van der Waals surface area contributed by atoms with Gasteiger partial charge in [-0.15, -0.1) is 12.4 Å². The second-order valence-electron chi connectivity index (χ2n) is 7.61. The number of ether oxygens (including phenoxy) is 1. The molecular weight excluding hydrogens is 399 g/mol. The van der Waals surface area contributed by atoms with Crippen LogP contribution in [0.4, 0.5) is 0 Å². The number of hydrogen-bond donors (Lipinski definition) is 2. The van der Waals surface area contributed by atoms with Crippen LogP contribution in [-0.4, -0.2) is 42.2 Å². The van der Waals surface area contributed by atoms with Crippen molar-refractivity contribution in [3.63, 3.8) is 0 Å². The van der Waals surface area contributed by atoms with Crippen LogP contribution in [0.3, 0.4) is 0 Å². The summed E-state index contributed by atoms with van der Waals surface area (Å²) >= 11 is 6.11. The topological polar surface area (TPSA) is 61.8 Å². The van der Waals surface area contributed by atoms with Gasteiger partial charge >= 0.3 is 0 Å². The molecule has 2 aromatic rings. The minimum atomic E-state index is 0. The Kier molecular flexibility index (Phi) is 5.17. The molecule has 2 aliphatic heterocycles. The molecule has 3 atom stereocenters. The molecule has 28 heavy (non-hydrogen) atoms. The maximum atomic E-state index is 13.0. The zero-order valence-electron chi connectivity index (χ0n) is 15.2. The van der Waals surface area contributed by atoms with Crippen molar-refractivity contribution < 1.29 is 14.6 Å². The Hall–Kier alpha value is -1.95. The Bertz CT molecular complexity index is 911. The van der Waals surface area contributed by atoms with Gasteiger partial charge < -0.3 is 20.1 Å². The molecule has 1 aliphatic carbocycles. The summed E-state index contributed by atoms with van der Waals surface area (Å²) < 4.78 is 5.79.